The monoisotopic (exact) mass is 199 g/mol. The molecule has 1 heterocycles. The number of hydrogen-bond donors (Lipinski definition) is 2. The van der Waals surface area contributed by atoms with E-state index in [1.54, 1.807) is 0 Å². The highest BCUT2D eigenvalue weighted by atomic mass is 16.2. The lowest BCUT2D eigenvalue weighted by Gasteiger charge is -2.34. The first kappa shape index (κ1) is 11.5. The van der Waals surface area contributed by atoms with Crippen molar-refractivity contribution in [2.45, 2.75) is 32.2 Å². The lowest BCUT2D eigenvalue weighted by molar-refractivity contribution is -0.123. The van der Waals surface area contributed by atoms with Crippen molar-refractivity contribution in [3.63, 3.8) is 0 Å². The summed E-state index contributed by atoms with van der Waals surface area (Å²) in [5, 5.41) is 2.82. The highest BCUT2D eigenvalue weighted by molar-refractivity contribution is 5.77. The van der Waals surface area contributed by atoms with Gasteiger partial charge >= 0.3 is 0 Å². The lowest BCUT2D eigenvalue weighted by Crippen LogP contribution is -2.48. The lowest BCUT2D eigenvalue weighted by atomic mass is 10.0. The van der Waals surface area contributed by atoms with Crippen LogP contribution in [0.25, 0.3) is 0 Å². The molecule has 4 nitrogen and oxygen atoms in total. The first-order chi connectivity index (χ1) is 6.77. The Balaban J connectivity index is 2.36. The number of rotatable bonds is 4. The molecule has 1 saturated heterocycles. The minimum Gasteiger partial charge on any atom is -0.355 e. The predicted molar refractivity (Wildman–Crippen MR) is 57.0 cm³/mol. The molecule has 1 aliphatic rings. The van der Waals surface area contributed by atoms with E-state index in [1.807, 2.05) is 6.92 Å². The number of nitrogens with zero attached hydrogens (tertiary/aromatic N) is 1. The molecule has 0 aromatic rings. The quantitative estimate of drug-likeness (QED) is 0.666. The third-order valence-electron chi connectivity index (χ3n) is 2.74. The van der Waals surface area contributed by atoms with Crippen molar-refractivity contribution in [1.82, 2.24) is 10.2 Å². The molecule has 14 heavy (non-hydrogen) atoms. The first-order valence-electron chi connectivity index (χ1n) is 5.48. The van der Waals surface area contributed by atoms with Crippen molar-refractivity contribution in [2.24, 2.45) is 5.73 Å². The molecule has 0 saturated carbocycles. The third kappa shape index (κ3) is 3.27. The molecule has 0 radical (unpaired) electrons. The molecule has 1 atom stereocenters. The fourth-order valence-corrected chi connectivity index (χ4v) is 1.97. The number of nitrogens with one attached hydrogen (secondary N) is 1. The molecule has 1 unspecified atom stereocenters. The normalized spacial score (nSPS) is 23.4. The Morgan fingerprint density at radius 3 is 3.00 bits per heavy atom. The Hall–Kier alpha value is -0.610. The number of carbonyl (C=O) groups is 1. The van der Waals surface area contributed by atoms with E-state index < -0.39 is 0 Å². The summed E-state index contributed by atoms with van der Waals surface area (Å²) in [6.45, 7) is 4.84. The van der Waals surface area contributed by atoms with Gasteiger partial charge < -0.3 is 11.1 Å². The summed E-state index contributed by atoms with van der Waals surface area (Å²) in [5.41, 5.74) is 5.67. The van der Waals surface area contributed by atoms with Crippen molar-refractivity contribution in [1.29, 1.82) is 0 Å². The number of carbonyl (C=O) groups excluding carboxylic acids is 1. The third-order valence-corrected chi connectivity index (χ3v) is 2.74. The maximum absolute atomic E-state index is 11.4. The molecule has 0 aromatic heterocycles. The largest absolute Gasteiger partial charge is 0.355 e. The molecular formula is C10H21N3O. The van der Waals surface area contributed by atoms with E-state index in [9.17, 15) is 4.79 Å². The summed E-state index contributed by atoms with van der Waals surface area (Å²) in [4.78, 5) is 13.6. The minimum absolute atomic E-state index is 0.118. The topological polar surface area (TPSA) is 58.4 Å². The molecule has 4 heteroatoms. The molecule has 1 fully saturated rings. The molecule has 0 aliphatic carbocycles. The second-order valence-corrected chi connectivity index (χ2v) is 3.81. The molecule has 82 valence electrons. The Morgan fingerprint density at radius 2 is 2.36 bits per heavy atom. The van der Waals surface area contributed by atoms with Crippen LogP contribution >= 0.6 is 0 Å². The van der Waals surface area contributed by atoms with Crippen LogP contribution in [0, 0.1) is 0 Å². The molecule has 0 aromatic carbocycles. The van der Waals surface area contributed by atoms with Crippen LogP contribution in [0.2, 0.25) is 0 Å². The SMILES string of the molecule is CCNC(=O)CN1CCCCC1CN. The zero-order valence-corrected chi connectivity index (χ0v) is 8.96. The zero-order chi connectivity index (χ0) is 10.4. The van der Waals surface area contributed by atoms with Gasteiger partial charge in [0, 0.05) is 19.1 Å². The van der Waals surface area contributed by atoms with Gasteiger partial charge in [-0.1, -0.05) is 6.42 Å². The van der Waals surface area contributed by atoms with Crippen molar-refractivity contribution in [3.8, 4) is 0 Å². The summed E-state index contributed by atoms with van der Waals surface area (Å²) >= 11 is 0. The average Bonchev–Trinajstić information content (AvgIpc) is 2.19. The summed E-state index contributed by atoms with van der Waals surface area (Å²) in [6.07, 6.45) is 3.57. The minimum atomic E-state index is 0.118. The van der Waals surface area contributed by atoms with E-state index in [0.29, 0.717) is 25.7 Å². The number of piperidine rings is 1. The van der Waals surface area contributed by atoms with Crippen LogP contribution in [0.3, 0.4) is 0 Å². The van der Waals surface area contributed by atoms with E-state index in [2.05, 4.69) is 10.2 Å². The molecule has 0 bridgehead atoms. The van der Waals surface area contributed by atoms with Crippen LogP contribution in [0.4, 0.5) is 0 Å². The second-order valence-electron chi connectivity index (χ2n) is 3.81. The maximum Gasteiger partial charge on any atom is 0.234 e. The predicted octanol–water partition coefficient (Wildman–Crippen LogP) is -0.0643. The van der Waals surface area contributed by atoms with Crippen molar-refractivity contribution in [2.75, 3.05) is 26.2 Å². The summed E-state index contributed by atoms with van der Waals surface area (Å²) in [7, 11) is 0. The highest BCUT2D eigenvalue weighted by Gasteiger charge is 2.22. The second kappa shape index (κ2) is 5.98. The Kier molecular flexibility index (Phi) is 4.90. The van der Waals surface area contributed by atoms with Gasteiger partial charge in [0.1, 0.15) is 0 Å². The number of amides is 1. The zero-order valence-electron chi connectivity index (χ0n) is 8.96. The Morgan fingerprint density at radius 1 is 1.57 bits per heavy atom. The average molecular weight is 199 g/mol. The van der Waals surface area contributed by atoms with Crippen LogP contribution in [0.1, 0.15) is 26.2 Å². The summed E-state index contributed by atoms with van der Waals surface area (Å²) in [6, 6.07) is 0.409. The Bertz CT molecular complexity index is 184. The molecule has 1 rings (SSSR count). The van der Waals surface area contributed by atoms with E-state index in [0.717, 1.165) is 13.0 Å². The van der Waals surface area contributed by atoms with Gasteiger partial charge in [-0.05, 0) is 26.3 Å². The van der Waals surface area contributed by atoms with Gasteiger partial charge in [0.05, 0.1) is 6.54 Å². The van der Waals surface area contributed by atoms with Gasteiger partial charge in [0.15, 0.2) is 0 Å². The molecular weight excluding hydrogens is 178 g/mol. The van der Waals surface area contributed by atoms with Gasteiger partial charge in [-0.2, -0.15) is 0 Å². The van der Waals surface area contributed by atoms with Crippen LogP contribution in [0.5, 0.6) is 0 Å². The van der Waals surface area contributed by atoms with E-state index in [-0.39, 0.29) is 5.91 Å². The van der Waals surface area contributed by atoms with E-state index >= 15 is 0 Å². The fourth-order valence-electron chi connectivity index (χ4n) is 1.97. The number of likely N-dealkylation sites (tertiary alicyclic amines) is 1. The van der Waals surface area contributed by atoms with E-state index in [1.165, 1.54) is 12.8 Å². The molecule has 1 amide bonds. The summed E-state index contributed by atoms with van der Waals surface area (Å²) in [5.74, 6) is 0.118. The first-order valence-corrected chi connectivity index (χ1v) is 5.48. The number of nitrogens with two attached hydrogens (primary N) is 1. The molecule has 3 N–H and O–H groups in total. The highest BCUT2D eigenvalue weighted by Crippen LogP contribution is 2.15. The number of likely N-dealkylation sites (N-methyl/N-ethyl adjacent to an activating group) is 1. The van der Waals surface area contributed by atoms with E-state index in [4.69, 9.17) is 5.73 Å². The van der Waals surface area contributed by atoms with Crippen LogP contribution in [-0.4, -0.2) is 43.0 Å². The van der Waals surface area contributed by atoms with Gasteiger partial charge in [-0.25, -0.2) is 0 Å². The molecule has 1 aliphatic heterocycles. The maximum atomic E-state index is 11.4. The summed E-state index contributed by atoms with van der Waals surface area (Å²) < 4.78 is 0. The van der Waals surface area contributed by atoms with Crippen LogP contribution in [0.15, 0.2) is 0 Å². The Labute approximate surface area is 85.8 Å². The van der Waals surface area contributed by atoms with Crippen molar-refractivity contribution < 1.29 is 4.79 Å². The van der Waals surface area contributed by atoms with Gasteiger partial charge in [0.25, 0.3) is 0 Å². The smallest absolute Gasteiger partial charge is 0.234 e. The van der Waals surface area contributed by atoms with Crippen LogP contribution < -0.4 is 11.1 Å². The standard InChI is InChI=1S/C10H21N3O/c1-2-12-10(14)8-13-6-4-3-5-9(13)7-11/h9H,2-8,11H2,1H3,(H,12,14). The molecule has 0 spiro atoms. The number of hydrogen-bond acceptors (Lipinski definition) is 3. The van der Waals surface area contributed by atoms with Crippen molar-refractivity contribution >= 4 is 5.91 Å². The van der Waals surface area contributed by atoms with Crippen molar-refractivity contribution in [3.05, 3.63) is 0 Å². The van der Waals surface area contributed by atoms with Crippen LogP contribution in [-0.2, 0) is 4.79 Å². The van der Waals surface area contributed by atoms with Gasteiger partial charge in [-0.15, -0.1) is 0 Å². The van der Waals surface area contributed by atoms with Gasteiger partial charge in [0.2, 0.25) is 5.91 Å². The van der Waals surface area contributed by atoms with Gasteiger partial charge in [-0.3, -0.25) is 9.69 Å². The fraction of sp³-hybridized carbons (Fsp3) is 0.900.